The van der Waals surface area contributed by atoms with Crippen LogP contribution in [0.15, 0.2) is 22.7 Å². The Labute approximate surface area is 78.5 Å². The molecule has 11 heavy (non-hydrogen) atoms. The highest BCUT2D eigenvalue weighted by Gasteiger charge is 2.02. The van der Waals surface area contributed by atoms with E-state index in [2.05, 4.69) is 15.9 Å². The van der Waals surface area contributed by atoms with Gasteiger partial charge in [0.25, 0.3) is 5.24 Å². The molecule has 1 aromatic rings. The quantitative estimate of drug-likeness (QED) is 0.681. The molecule has 0 spiro atoms. The fourth-order valence-corrected chi connectivity index (χ4v) is 1.57. The normalized spacial score (nSPS) is 9.73. The summed E-state index contributed by atoms with van der Waals surface area (Å²) in [6, 6.07) is 5.37. The average molecular weight is 233 g/mol. The van der Waals surface area contributed by atoms with E-state index in [1.807, 2.05) is 13.0 Å². The maximum atomic E-state index is 10.7. The summed E-state index contributed by atoms with van der Waals surface area (Å²) in [5.74, 6) is 0. The Bertz CT molecular complexity index is 276. The van der Waals surface area contributed by atoms with Gasteiger partial charge in [-0.1, -0.05) is 15.9 Å². The molecule has 1 aromatic carbocycles. The second-order valence-electron chi connectivity index (χ2n) is 2.29. The van der Waals surface area contributed by atoms with Crippen LogP contribution in [-0.2, 0) is 0 Å². The Morgan fingerprint density at radius 1 is 1.45 bits per heavy atom. The van der Waals surface area contributed by atoms with Crippen LogP contribution >= 0.6 is 27.5 Å². The molecule has 0 amide bonds. The molecule has 0 atom stereocenters. The van der Waals surface area contributed by atoms with Crippen molar-refractivity contribution in [2.45, 2.75) is 6.92 Å². The molecule has 0 aliphatic rings. The maximum Gasteiger partial charge on any atom is 0.252 e. The number of halogens is 2. The third-order valence-corrected chi connectivity index (χ3v) is 1.95. The molecule has 0 N–H and O–H groups in total. The fourth-order valence-electron chi connectivity index (χ4n) is 0.850. The van der Waals surface area contributed by atoms with Crippen molar-refractivity contribution in [3.63, 3.8) is 0 Å². The van der Waals surface area contributed by atoms with Crippen molar-refractivity contribution < 1.29 is 4.79 Å². The van der Waals surface area contributed by atoms with Crippen LogP contribution in [0.1, 0.15) is 15.9 Å². The first-order chi connectivity index (χ1) is 5.09. The molecule has 0 unspecified atom stereocenters. The molecule has 58 valence electrons. The number of carbonyl (C=O) groups is 1. The summed E-state index contributed by atoms with van der Waals surface area (Å²) in [6.45, 7) is 1.91. The largest absolute Gasteiger partial charge is 0.276 e. The summed E-state index contributed by atoms with van der Waals surface area (Å²) in [5, 5.41) is -0.422. The van der Waals surface area contributed by atoms with Gasteiger partial charge in [0, 0.05) is 10.0 Å². The van der Waals surface area contributed by atoms with Crippen LogP contribution in [0.25, 0.3) is 0 Å². The monoisotopic (exact) mass is 232 g/mol. The second kappa shape index (κ2) is 3.37. The molecular weight excluding hydrogens is 227 g/mol. The van der Waals surface area contributed by atoms with Gasteiger partial charge in [0.15, 0.2) is 0 Å². The van der Waals surface area contributed by atoms with E-state index in [1.165, 1.54) is 0 Å². The third kappa shape index (κ3) is 2.31. The lowest BCUT2D eigenvalue weighted by molar-refractivity contribution is 0.108. The zero-order chi connectivity index (χ0) is 8.43. The standard InChI is InChI=1S/C8H6BrClO/c1-5-2-6(8(10)11)4-7(9)3-5/h2-4H,1H3. The van der Waals surface area contributed by atoms with Gasteiger partial charge in [-0.15, -0.1) is 0 Å². The van der Waals surface area contributed by atoms with Gasteiger partial charge in [0.1, 0.15) is 0 Å². The molecule has 0 bridgehead atoms. The Hall–Kier alpha value is -0.340. The highest BCUT2D eigenvalue weighted by Crippen LogP contribution is 2.16. The SMILES string of the molecule is Cc1cc(Br)cc(C(=O)Cl)c1. The Balaban J connectivity index is 3.19. The van der Waals surface area contributed by atoms with Gasteiger partial charge < -0.3 is 0 Å². The highest BCUT2D eigenvalue weighted by atomic mass is 79.9. The number of hydrogen-bond donors (Lipinski definition) is 0. The molecule has 1 nitrogen and oxygen atoms in total. The summed E-state index contributed by atoms with van der Waals surface area (Å²) >= 11 is 8.56. The summed E-state index contributed by atoms with van der Waals surface area (Å²) in [6.07, 6.45) is 0. The number of aryl methyl sites for hydroxylation is 1. The van der Waals surface area contributed by atoms with Crippen LogP contribution < -0.4 is 0 Å². The lowest BCUT2D eigenvalue weighted by Crippen LogP contribution is -1.88. The van der Waals surface area contributed by atoms with E-state index in [0.29, 0.717) is 5.56 Å². The van der Waals surface area contributed by atoms with E-state index < -0.39 is 5.24 Å². The molecule has 0 aliphatic carbocycles. The van der Waals surface area contributed by atoms with Gasteiger partial charge in [-0.2, -0.15) is 0 Å². The van der Waals surface area contributed by atoms with Gasteiger partial charge >= 0.3 is 0 Å². The summed E-state index contributed by atoms with van der Waals surface area (Å²) in [5.41, 5.74) is 1.54. The van der Waals surface area contributed by atoms with Crippen LogP contribution in [0.3, 0.4) is 0 Å². The number of hydrogen-bond acceptors (Lipinski definition) is 1. The van der Waals surface area contributed by atoms with Crippen molar-refractivity contribution in [1.82, 2.24) is 0 Å². The van der Waals surface area contributed by atoms with Crippen molar-refractivity contribution in [2.75, 3.05) is 0 Å². The zero-order valence-corrected chi connectivity index (χ0v) is 8.24. The average Bonchev–Trinajstić information content (AvgIpc) is 1.85. The summed E-state index contributed by atoms with van der Waals surface area (Å²) in [4.78, 5) is 10.7. The first-order valence-electron chi connectivity index (χ1n) is 3.06. The van der Waals surface area contributed by atoms with Crippen LogP contribution in [0.5, 0.6) is 0 Å². The first kappa shape index (κ1) is 8.75. The van der Waals surface area contributed by atoms with Gasteiger partial charge in [0.2, 0.25) is 0 Å². The molecule has 3 heteroatoms. The molecular formula is C8H6BrClO. The van der Waals surface area contributed by atoms with E-state index in [1.54, 1.807) is 12.1 Å². The van der Waals surface area contributed by atoms with Crippen molar-refractivity contribution >= 4 is 32.8 Å². The van der Waals surface area contributed by atoms with Crippen molar-refractivity contribution in [3.05, 3.63) is 33.8 Å². The molecule has 0 aliphatic heterocycles. The first-order valence-corrected chi connectivity index (χ1v) is 4.24. The molecule has 0 radical (unpaired) electrons. The summed E-state index contributed by atoms with van der Waals surface area (Å²) in [7, 11) is 0. The van der Waals surface area contributed by atoms with Crippen LogP contribution in [-0.4, -0.2) is 5.24 Å². The fraction of sp³-hybridized carbons (Fsp3) is 0.125. The Kier molecular flexibility index (Phi) is 2.68. The van der Waals surface area contributed by atoms with E-state index in [4.69, 9.17) is 11.6 Å². The highest BCUT2D eigenvalue weighted by molar-refractivity contribution is 9.10. The van der Waals surface area contributed by atoms with Gasteiger partial charge in [0.05, 0.1) is 0 Å². The molecule has 0 heterocycles. The van der Waals surface area contributed by atoms with Crippen LogP contribution in [0.4, 0.5) is 0 Å². The van der Waals surface area contributed by atoms with E-state index in [9.17, 15) is 4.79 Å². The topological polar surface area (TPSA) is 17.1 Å². The minimum atomic E-state index is -0.422. The molecule has 0 aromatic heterocycles. The molecule has 0 saturated carbocycles. The van der Waals surface area contributed by atoms with Gasteiger partial charge in [-0.05, 0) is 42.3 Å². The molecule has 0 saturated heterocycles. The second-order valence-corrected chi connectivity index (χ2v) is 3.55. The summed E-state index contributed by atoms with van der Waals surface area (Å²) < 4.78 is 0.876. The van der Waals surface area contributed by atoms with E-state index in [-0.39, 0.29) is 0 Å². The molecule has 0 fully saturated rings. The minimum absolute atomic E-state index is 0.422. The lowest BCUT2D eigenvalue weighted by Gasteiger charge is -1.97. The predicted molar refractivity (Wildman–Crippen MR) is 49.1 cm³/mol. The maximum absolute atomic E-state index is 10.7. The molecule has 1 rings (SSSR count). The van der Waals surface area contributed by atoms with Gasteiger partial charge in [-0.25, -0.2) is 0 Å². The van der Waals surface area contributed by atoms with Crippen LogP contribution in [0, 0.1) is 6.92 Å². The predicted octanol–water partition coefficient (Wildman–Crippen LogP) is 3.14. The van der Waals surface area contributed by atoms with Crippen LogP contribution in [0.2, 0.25) is 0 Å². The van der Waals surface area contributed by atoms with Gasteiger partial charge in [-0.3, -0.25) is 4.79 Å². The number of rotatable bonds is 1. The Morgan fingerprint density at radius 3 is 2.55 bits per heavy atom. The lowest BCUT2D eigenvalue weighted by atomic mass is 10.2. The minimum Gasteiger partial charge on any atom is -0.276 e. The number of carbonyl (C=O) groups excluding carboxylic acids is 1. The van der Waals surface area contributed by atoms with Crippen molar-refractivity contribution in [3.8, 4) is 0 Å². The van der Waals surface area contributed by atoms with Crippen molar-refractivity contribution in [1.29, 1.82) is 0 Å². The number of benzene rings is 1. The zero-order valence-electron chi connectivity index (χ0n) is 5.90. The van der Waals surface area contributed by atoms with Crippen molar-refractivity contribution in [2.24, 2.45) is 0 Å². The van der Waals surface area contributed by atoms with E-state index >= 15 is 0 Å². The Morgan fingerprint density at radius 2 is 2.09 bits per heavy atom. The third-order valence-electron chi connectivity index (χ3n) is 1.27. The smallest absolute Gasteiger partial charge is 0.252 e. The van der Waals surface area contributed by atoms with E-state index in [0.717, 1.165) is 10.0 Å².